The predicted molar refractivity (Wildman–Crippen MR) is 130 cm³/mol. The molecule has 1 unspecified atom stereocenters. The van der Waals surface area contributed by atoms with Crippen LogP contribution in [0.4, 0.5) is 5.69 Å². The zero-order chi connectivity index (χ0) is 22.1. The molecule has 4 nitrogen and oxygen atoms in total. The van der Waals surface area contributed by atoms with Gasteiger partial charge in [-0.2, -0.15) is 0 Å². The van der Waals surface area contributed by atoms with Crippen molar-refractivity contribution >= 4 is 28.9 Å². The van der Waals surface area contributed by atoms with E-state index in [1.54, 1.807) is 0 Å². The summed E-state index contributed by atoms with van der Waals surface area (Å²) in [5.41, 5.74) is 5.04. The standard InChI is InChI=1S/C26H28Cl2N2O2/c1-17-7-11-19(12-8-17)30-14-3-4-20(13-15-30)31-16-21-25(29-32-26(21)18-9-10-18)24-22(27)5-2-6-23(24)28/h2,5-8,11-12,18,20H,3-4,9-10,13-16H2,1H3. The molecule has 0 bridgehead atoms. The monoisotopic (exact) mass is 470 g/mol. The zero-order valence-electron chi connectivity index (χ0n) is 18.3. The average molecular weight is 471 g/mol. The summed E-state index contributed by atoms with van der Waals surface area (Å²) in [5, 5.41) is 5.54. The topological polar surface area (TPSA) is 38.5 Å². The molecule has 32 heavy (non-hydrogen) atoms. The van der Waals surface area contributed by atoms with Crippen molar-refractivity contribution in [2.24, 2.45) is 0 Å². The Morgan fingerprint density at radius 2 is 1.75 bits per heavy atom. The quantitative estimate of drug-likeness (QED) is 0.375. The smallest absolute Gasteiger partial charge is 0.145 e. The highest BCUT2D eigenvalue weighted by Crippen LogP contribution is 2.46. The maximum absolute atomic E-state index is 6.48. The van der Waals surface area contributed by atoms with Crippen LogP contribution in [0.25, 0.3) is 11.3 Å². The maximum Gasteiger partial charge on any atom is 0.145 e. The molecule has 0 N–H and O–H groups in total. The summed E-state index contributed by atoms with van der Waals surface area (Å²) < 4.78 is 12.2. The minimum atomic E-state index is 0.210. The summed E-state index contributed by atoms with van der Waals surface area (Å²) >= 11 is 13.0. The van der Waals surface area contributed by atoms with Crippen LogP contribution >= 0.6 is 23.2 Å². The fourth-order valence-electron chi connectivity index (χ4n) is 4.50. The number of aromatic nitrogens is 1. The van der Waals surface area contributed by atoms with Crippen molar-refractivity contribution in [1.82, 2.24) is 5.16 Å². The van der Waals surface area contributed by atoms with E-state index in [-0.39, 0.29) is 6.10 Å². The fraction of sp³-hybridized carbons (Fsp3) is 0.423. The van der Waals surface area contributed by atoms with Gasteiger partial charge in [0.1, 0.15) is 11.5 Å². The molecule has 5 rings (SSSR count). The predicted octanol–water partition coefficient (Wildman–Crippen LogP) is 7.41. The Labute approximate surface area is 199 Å². The summed E-state index contributed by atoms with van der Waals surface area (Å²) in [7, 11) is 0. The molecule has 1 aliphatic carbocycles. The van der Waals surface area contributed by atoms with Crippen LogP contribution in [0.5, 0.6) is 0 Å². The van der Waals surface area contributed by atoms with E-state index in [1.807, 2.05) is 18.2 Å². The van der Waals surface area contributed by atoms with Crippen molar-refractivity contribution in [1.29, 1.82) is 0 Å². The Bertz CT molecular complexity index is 1060. The lowest BCUT2D eigenvalue weighted by atomic mass is 10.0. The lowest BCUT2D eigenvalue weighted by Crippen LogP contribution is -2.24. The minimum Gasteiger partial charge on any atom is -0.373 e. The molecule has 2 aromatic carbocycles. The van der Waals surface area contributed by atoms with Gasteiger partial charge in [0.15, 0.2) is 0 Å². The molecule has 1 aromatic heterocycles. The van der Waals surface area contributed by atoms with Crippen LogP contribution in [0.1, 0.15) is 54.9 Å². The Hall–Kier alpha value is -2.01. The molecule has 2 heterocycles. The Morgan fingerprint density at radius 1 is 1.00 bits per heavy atom. The van der Waals surface area contributed by atoms with E-state index in [9.17, 15) is 0 Å². The molecule has 6 heteroatoms. The van der Waals surface area contributed by atoms with Gasteiger partial charge in [0.05, 0.1) is 22.8 Å². The van der Waals surface area contributed by atoms with Crippen LogP contribution in [-0.2, 0) is 11.3 Å². The van der Waals surface area contributed by atoms with Gasteiger partial charge in [-0.15, -0.1) is 0 Å². The number of hydrogen-bond acceptors (Lipinski definition) is 4. The molecule has 0 radical (unpaired) electrons. The number of nitrogens with zero attached hydrogens (tertiary/aromatic N) is 2. The summed E-state index contributed by atoms with van der Waals surface area (Å²) in [4.78, 5) is 2.47. The van der Waals surface area contributed by atoms with Crippen molar-refractivity contribution < 1.29 is 9.26 Å². The third-order valence-corrected chi connectivity index (χ3v) is 7.13. The van der Waals surface area contributed by atoms with E-state index in [0.717, 1.165) is 67.8 Å². The van der Waals surface area contributed by atoms with Crippen LogP contribution in [0.15, 0.2) is 47.0 Å². The second-order valence-corrected chi connectivity index (χ2v) is 9.75. The highest BCUT2D eigenvalue weighted by atomic mass is 35.5. The molecule has 2 aliphatic rings. The molecule has 0 amide bonds. The number of aryl methyl sites for hydroxylation is 1. The minimum absolute atomic E-state index is 0.210. The van der Waals surface area contributed by atoms with Crippen molar-refractivity contribution in [3.8, 4) is 11.3 Å². The molecule has 168 valence electrons. The Kier molecular flexibility index (Phi) is 6.45. The van der Waals surface area contributed by atoms with Gasteiger partial charge in [-0.25, -0.2) is 0 Å². The van der Waals surface area contributed by atoms with Crippen molar-refractivity contribution in [3.63, 3.8) is 0 Å². The third kappa shape index (κ3) is 4.68. The van der Waals surface area contributed by atoms with Gasteiger partial charge in [-0.1, -0.05) is 52.1 Å². The first kappa shape index (κ1) is 21.8. The zero-order valence-corrected chi connectivity index (χ0v) is 19.8. The van der Waals surface area contributed by atoms with Crippen LogP contribution in [-0.4, -0.2) is 24.4 Å². The van der Waals surface area contributed by atoms with E-state index in [1.165, 1.54) is 11.3 Å². The number of hydrogen-bond donors (Lipinski definition) is 0. The van der Waals surface area contributed by atoms with Crippen molar-refractivity contribution in [2.45, 2.75) is 57.7 Å². The first-order chi connectivity index (χ1) is 15.6. The molecule has 1 saturated carbocycles. The van der Waals surface area contributed by atoms with Crippen LogP contribution < -0.4 is 4.90 Å². The van der Waals surface area contributed by atoms with E-state index in [2.05, 4.69) is 41.2 Å². The second kappa shape index (κ2) is 9.46. The fourth-order valence-corrected chi connectivity index (χ4v) is 5.07. The first-order valence-corrected chi connectivity index (χ1v) is 12.2. The molecule has 1 atom stereocenters. The number of halogens is 2. The summed E-state index contributed by atoms with van der Waals surface area (Å²) in [6, 6.07) is 14.3. The van der Waals surface area contributed by atoms with Crippen LogP contribution in [0.2, 0.25) is 10.0 Å². The molecule has 3 aromatic rings. The van der Waals surface area contributed by atoms with E-state index in [0.29, 0.717) is 22.6 Å². The number of benzene rings is 2. The molecule has 0 spiro atoms. The normalized spacial score (nSPS) is 19.2. The van der Waals surface area contributed by atoms with Gasteiger partial charge in [-0.05, 0) is 63.3 Å². The van der Waals surface area contributed by atoms with Crippen molar-refractivity contribution in [3.05, 3.63) is 69.4 Å². The lowest BCUT2D eigenvalue weighted by molar-refractivity contribution is 0.0328. The summed E-state index contributed by atoms with van der Waals surface area (Å²) in [5.74, 6) is 1.37. The summed E-state index contributed by atoms with van der Waals surface area (Å²) in [6.07, 6.45) is 5.64. The first-order valence-electron chi connectivity index (χ1n) is 11.5. The van der Waals surface area contributed by atoms with E-state index in [4.69, 9.17) is 32.5 Å². The number of ether oxygens (including phenoxy) is 1. The summed E-state index contributed by atoms with van der Waals surface area (Å²) in [6.45, 7) is 4.65. The largest absolute Gasteiger partial charge is 0.373 e. The Morgan fingerprint density at radius 3 is 2.47 bits per heavy atom. The maximum atomic E-state index is 6.48. The van der Waals surface area contributed by atoms with Gasteiger partial charge in [-0.3, -0.25) is 0 Å². The average Bonchev–Trinajstić information content (AvgIpc) is 3.58. The molecule has 1 saturated heterocycles. The molecule has 1 aliphatic heterocycles. The van der Waals surface area contributed by atoms with E-state index >= 15 is 0 Å². The van der Waals surface area contributed by atoms with Gasteiger partial charge >= 0.3 is 0 Å². The highest BCUT2D eigenvalue weighted by Gasteiger charge is 2.34. The number of rotatable bonds is 6. The van der Waals surface area contributed by atoms with Crippen molar-refractivity contribution in [2.75, 3.05) is 18.0 Å². The third-order valence-electron chi connectivity index (χ3n) is 6.50. The van der Waals surface area contributed by atoms with Gasteiger partial charge in [0.25, 0.3) is 0 Å². The molecule has 2 fully saturated rings. The van der Waals surface area contributed by atoms with Crippen LogP contribution in [0.3, 0.4) is 0 Å². The van der Waals surface area contributed by atoms with Gasteiger partial charge in [0.2, 0.25) is 0 Å². The van der Waals surface area contributed by atoms with Crippen LogP contribution in [0, 0.1) is 6.92 Å². The SMILES string of the molecule is Cc1ccc(N2CCCC(OCc3c(-c4c(Cl)cccc4Cl)noc3C3CC3)CC2)cc1. The van der Waals surface area contributed by atoms with Gasteiger partial charge in [0, 0.05) is 35.8 Å². The van der Waals surface area contributed by atoms with Gasteiger partial charge < -0.3 is 14.2 Å². The molecular formula is C26H28Cl2N2O2. The highest BCUT2D eigenvalue weighted by molar-refractivity contribution is 6.39. The second-order valence-electron chi connectivity index (χ2n) is 8.93. The Balaban J connectivity index is 1.31. The van der Waals surface area contributed by atoms with E-state index < -0.39 is 0 Å². The molecular weight excluding hydrogens is 443 g/mol. The number of anilines is 1. The lowest BCUT2D eigenvalue weighted by Gasteiger charge is -2.23.